The topological polar surface area (TPSA) is 9.23 Å². The van der Waals surface area contributed by atoms with Gasteiger partial charge in [-0.1, -0.05) is 12.0 Å². The van der Waals surface area contributed by atoms with Crippen LogP contribution in [0.4, 0.5) is 4.39 Å². The number of hydrogen-bond acceptors (Lipinski definition) is 1. The Bertz CT molecular complexity index is 347. The fraction of sp³-hybridized carbons (Fsp3) is 0.273. The van der Waals surface area contributed by atoms with Crippen molar-refractivity contribution < 1.29 is 9.13 Å². The van der Waals surface area contributed by atoms with Gasteiger partial charge >= 0.3 is 0 Å². The number of ether oxygens (including phenoxy) is 1. The van der Waals surface area contributed by atoms with Gasteiger partial charge in [0, 0.05) is 0 Å². The number of rotatable bonds is 2. The predicted octanol–water partition coefficient (Wildman–Crippen LogP) is 2.54. The van der Waals surface area contributed by atoms with Crippen molar-refractivity contribution in [3.8, 4) is 17.6 Å². The molecule has 2 heteroatoms. The largest absolute Gasteiger partial charge is 0.478 e. The van der Waals surface area contributed by atoms with Gasteiger partial charge in [0.2, 0.25) is 0 Å². The molecule has 0 bridgehead atoms. The first kappa shape index (κ1) is 9.60. The summed E-state index contributed by atoms with van der Waals surface area (Å²) < 4.78 is 18.1. The van der Waals surface area contributed by atoms with Crippen molar-refractivity contribution in [1.29, 1.82) is 0 Å². The zero-order chi connectivity index (χ0) is 9.68. The van der Waals surface area contributed by atoms with E-state index in [-0.39, 0.29) is 18.2 Å². The summed E-state index contributed by atoms with van der Waals surface area (Å²) in [5, 5.41) is 0. The molecule has 0 fully saturated rings. The molecule has 0 amide bonds. The summed E-state index contributed by atoms with van der Waals surface area (Å²) in [7, 11) is 0. The molecule has 1 rings (SSSR count). The standard InChI is InChI=1S/C11H11FO/c1-3-4-7-13-11-8-9(2)5-6-10(11)12/h5-6,8H,7H2,1-2H3. The molecule has 0 aromatic heterocycles. The van der Waals surface area contributed by atoms with Crippen LogP contribution >= 0.6 is 0 Å². The summed E-state index contributed by atoms with van der Waals surface area (Å²) in [6.45, 7) is 3.84. The molecule has 1 nitrogen and oxygen atoms in total. The van der Waals surface area contributed by atoms with Gasteiger partial charge < -0.3 is 4.74 Å². The molecule has 0 aliphatic rings. The highest BCUT2D eigenvalue weighted by atomic mass is 19.1. The normalized spacial score (nSPS) is 8.85. The van der Waals surface area contributed by atoms with Crippen molar-refractivity contribution in [2.75, 3.05) is 6.61 Å². The minimum atomic E-state index is -0.344. The van der Waals surface area contributed by atoms with Gasteiger partial charge in [0.25, 0.3) is 0 Å². The third kappa shape index (κ3) is 2.79. The van der Waals surface area contributed by atoms with E-state index in [1.807, 2.05) is 6.92 Å². The highest BCUT2D eigenvalue weighted by Gasteiger charge is 2.01. The van der Waals surface area contributed by atoms with E-state index in [4.69, 9.17) is 4.74 Å². The Morgan fingerprint density at radius 1 is 1.46 bits per heavy atom. The van der Waals surface area contributed by atoms with Gasteiger partial charge in [-0.2, -0.15) is 0 Å². The van der Waals surface area contributed by atoms with Crippen LogP contribution in [-0.4, -0.2) is 6.61 Å². The molecule has 0 saturated carbocycles. The first-order valence-corrected chi connectivity index (χ1v) is 4.02. The molecule has 13 heavy (non-hydrogen) atoms. The zero-order valence-electron chi connectivity index (χ0n) is 7.73. The van der Waals surface area contributed by atoms with Crippen LogP contribution in [0.3, 0.4) is 0 Å². The molecule has 0 heterocycles. The Labute approximate surface area is 77.5 Å². The van der Waals surface area contributed by atoms with Crippen molar-refractivity contribution in [3.63, 3.8) is 0 Å². The Hall–Kier alpha value is -1.49. The lowest BCUT2D eigenvalue weighted by Gasteiger charge is -2.03. The molecule has 68 valence electrons. The van der Waals surface area contributed by atoms with Crippen molar-refractivity contribution in [3.05, 3.63) is 29.6 Å². The molecule has 1 aromatic rings. The molecule has 1 aromatic carbocycles. The van der Waals surface area contributed by atoms with Crippen LogP contribution in [0.25, 0.3) is 0 Å². The maximum Gasteiger partial charge on any atom is 0.165 e. The van der Waals surface area contributed by atoms with Crippen LogP contribution in [0.5, 0.6) is 5.75 Å². The third-order valence-electron chi connectivity index (χ3n) is 1.56. The smallest absolute Gasteiger partial charge is 0.165 e. The van der Waals surface area contributed by atoms with Gasteiger partial charge in [-0.3, -0.25) is 0 Å². The second kappa shape index (κ2) is 4.51. The zero-order valence-corrected chi connectivity index (χ0v) is 7.73. The number of hydrogen-bond donors (Lipinski definition) is 0. The Morgan fingerprint density at radius 2 is 2.23 bits per heavy atom. The summed E-state index contributed by atoms with van der Waals surface area (Å²) >= 11 is 0. The lowest BCUT2D eigenvalue weighted by molar-refractivity contribution is 0.348. The minimum Gasteiger partial charge on any atom is -0.478 e. The van der Waals surface area contributed by atoms with E-state index in [2.05, 4.69) is 11.8 Å². The van der Waals surface area contributed by atoms with Gasteiger partial charge in [-0.05, 0) is 31.5 Å². The maximum atomic E-state index is 13.0. The van der Waals surface area contributed by atoms with E-state index < -0.39 is 0 Å². The van der Waals surface area contributed by atoms with Crippen molar-refractivity contribution in [1.82, 2.24) is 0 Å². The summed E-state index contributed by atoms with van der Waals surface area (Å²) in [5.41, 5.74) is 0.973. The van der Waals surface area contributed by atoms with Crippen molar-refractivity contribution >= 4 is 0 Å². The van der Waals surface area contributed by atoms with E-state index in [0.29, 0.717) is 0 Å². The molecule has 0 radical (unpaired) electrons. The minimum absolute atomic E-state index is 0.233. The first-order chi connectivity index (χ1) is 6.24. The van der Waals surface area contributed by atoms with E-state index in [1.54, 1.807) is 19.1 Å². The van der Waals surface area contributed by atoms with E-state index >= 15 is 0 Å². The van der Waals surface area contributed by atoms with Crippen LogP contribution in [0.15, 0.2) is 18.2 Å². The van der Waals surface area contributed by atoms with Gasteiger partial charge in [-0.15, -0.1) is 5.92 Å². The summed E-state index contributed by atoms with van der Waals surface area (Å²) in [5.74, 6) is 5.30. The van der Waals surface area contributed by atoms with E-state index in [1.165, 1.54) is 6.07 Å². The van der Waals surface area contributed by atoms with Crippen molar-refractivity contribution in [2.24, 2.45) is 0 Å². The molecule has 0 N–H and O–H groups in total. The maximum absolute atomic E-state index is 13.0. The number of aryl methyl sites for hydroxylation is 1. The Kier molecular flexibility index (Phi) is 3.33. The fourth-order valence-corrected chi connectivity index (χ4v) is 0.907. The van der Waals surface area contributed by atoms with Gasteiger partial charge in [0.05, 0.1) is 0 Å². The monoisotopic (exact) mass is 178 g/mol. The Morgan fingerprint density at radius 3 is 2.92 bits per heavy atom. The molecule has 0 aliphatic carbocycles. The van der Waals surface area contributed by atoms with Crippen LogP contribution < -0.4 is 4.74 Å². The lowest BCUT2D eigenvalue weighted by atomic mass is 10.2. The van der Waals surface area contributed by atoms with E-state index in [0.717, 1.165) is 5.56 Å². The summed E-state index contributed by atoms with van der Waals surface area (Å²) in [4.78, 5) is 0. The number of benzene rings is 1. The van der Waals surface area contributed by atoms with Gasteiger partial charge in [0.1, 0.15) is 6.61 Å². The van der Waals surface area contributed by atoms with Gasteiger partial charge in [0.15, 0.2) is 11.6 Å². The molecule has 0 saturated heterocycles. The first-order valence-electron chi connectivity index (χ1n) is 4.02. The van der Waals surface area contributed by atoms with E-state index in [9.17, 15) is 4.39 Å². The van der Waals surface area contributed by atoms with Crippen molar-refractivity contribution in [2.45, 2.75) is 13.8 Å². The summed E-state index contributed by atoms with van der Waals surface area (Å²) in [6.07, 6.45) is 0. The highest BCUT2D eigenvalue weighted by Crippen LogP contribution is 2.17. The fourth-order valence-electron chi connectivity index (χ4n) is 0.907. The predicted molar refractivity (Wildman–Crippen MR) is 50.1 cm³/mol. The number of halogens is 1. The van der Waals surface area contributed by atoms with Gasteiger partial charge in [-0.25, -0.2) is 4.39 Å². The lowest BCUT2D eigenvalue weighted by Crippen LogP contribution is -1.96. The quantitative estimate of drug-likeness (QED) is 0.632. The Balaban J connectivity index is 2.73. The third-order valence-corrected chi connectivity index (χ3v) is 1.56. The van der Waals surface area contributed by atoms with Crippen LogP contribution in [-0.2, 0) is 0 Å². The molecular weight excluding hydrogens is 167 g/mol. The highest BCUT2D eigenvalue weighted by molar-refractivity contribution is 5.29. The van der Waals surface area contributed by atoms with Crippen LogP contribution in [0, 0.1) is 24.6 Å². The second-order valence-corrected chi connectivity index (χ2v) is 2.65. The average Bonchev–Trinajstić information content (AvgIpc) is 2.11. The molecule has 0 unspecified atom stereocenters. The summed E-state index contributed by atoms with van der Waals surface area (Å²) in [6, 6.07) is 4.75. The second-order valence-electron chi connectivity index (χ2n) is 2.65. The molecule has 0 aliphatic heterocycles. The molecule has 0 spiro atoms. The van der Waals surface area contributed by atoms with Crippen LogP contribution in [0.2, 0.25) is 0 Å². The van der Waals surface area contributed by atoms with Crippen LogP contribution in [0.1, 0.15) is 12.5 Å². The molecule has 0 atom stereocenters. The SMILES string of the molecule is CC#CCOc1cc(C)ccc1F. The average molecular weight is 178 g/mol. The molecular formula is C11H11FO.